The van der Waals surface area contributed by atoms with Crippen LogP contribution in [-0.2, 0) is 35.6 Å². The van der Waals surface area contributed by atoms with Crippen LogP contribution in [0.4, 0.5) is 5.69 Å². The number of hydrogen-bond donors (Lipinski definition) is 3. The molecule has 0 aliphatic carbocycles. The molecule has 8 nitrogen and oxygen atoms in total. The molecule has 5 rings (SSSR count). The first-order valence-electron chi connectivity index (χ1n) is 15.9. The number of ether oxygens (including phenoxy) is 1. The van der Waals surface area contributed by atoms with E-state index in [4.69, 9.17) is 10.5 Å². The summed E-state index contributed by atoms with van der Waals surface area (Å²) in [7, 11) is 0. The lowest BCUT2D eigenvalue weighted by Gasteiger charge is -2.30. The lowest BCUT2D eigenvalue weighted by Crippen LogP contribution is -2.44. The molecule has 0 radical (unpaired) electrons. The molecule has 0 bridgehead atoms. The average molecular weight is 600 g/mol. The van der Waals surface area contributed by atoms with Crippen molar-refractivity contribution in [1.82, 2.24) is 4.90 Å². The lowest BCUT2D eigenvalue weighted by atomic mass is 9.83. The van der Waals surface area contributed by atoms with Gasteiger partial charge in [0.25, 0.3) is 0 Å². The summed E-state index contributed by atoms with van der Waals surface area (Å²) in [6, 6.07) is 21.4. The van der Waals surface area contributed by atoms with Gasteiger partial charge in [-0.1, -0.05) is 61.9 Å². The van der Waals surface area contributed by atoms with Gasteiger partial charge in [-0.3, -0.25) is 14.5 Å². The van der Waals surface area contributed by atoms with Crippen LogP contribution in [0.1, 0.15) is 66.3 Å². The van der Waals surface area contributed by atoms with Crippen LogP contribution >= 0.6 is 0 Å². The van der Waals surface area contributed by atoms with Gasteiger partial charge in [-0.25, -0.2) is 0 Å². The molecule has 8 heteroatoms. The molecule has 3 aromatic rings. The lowest BCUT2D eigenvalue weighted by molar-refractivity contribution is -0.143. The van der Waals surface area contributed by atoms with Gasteiger partial charge in [0.1, 0.15) is 5.75 Å². The number of aliphatic carboxylic acids is 1. The van der Waals surface area contributed by atoms with Crippen molar-refractivity contribution in [3.05, 3.63) is 94.5 Å². The van der Waals surface area contributed by atoms with Gasteiger partial charge < -0.3 is 25.6 Å². The van der Waals surface area contributed by atoms with Crippen LogP contribution in [0.5, 0.6) is 5.75 Å². The third-order valence-corrected chi connectivity index (χ3v) is 9.24. The predicted molar refractivity (Wildman–Crippen MR) is 172 cm³/mol. The number of nitrogens with zero attached hydrogens (tertiary/aromatic N) is 2. The number of anilines is 1. The number of carboxylic acids is 1. The highest BCUT2D eigenvalue weighted by atomic mass is 16.5. The molecular formula is C36H45N3O5. The summed E-state index contributed by atoms with van der Waals surface area (Å²) < 4.78 is 5.71. The standard InChI is InChI=1S/C36H45N3O5/c1-2-3-17-39(30-12-6-8-25(19-30)21-37)34(41)23-38-22-31(27-14-15-33-28(20-27)16-18-44-33)35(36(42)43)32(38)13-7-11-26-9-4-5-10-29(26)24-40/h4-6,8-10,12,14-15,19-20,31-32,35,40H,2-3,7,11,13,16-18,21-24,37H2,1H3,(H,42,43)/t31-,32+,35-/m1/s1. The van der Waals surface area contributed by atoms with E-state index >= 15 is 0 Å². The van der Waals surface area contributed by atoms with Gasteiger partial charge in [-0.15, -0.1) is 0 Å². The summed E-state index contributed by atoms with van der Waals surface area (Å²) in [4.78, 5) is 31.0. The number of carboxylic acid groups (broad SMARTS) is 1. The largest absolute Gasteiger partial charge is 0.493 e. The molecule has 1 amide bonds. The number of amides is 1. The maximum Gasteiger partial charge on any atom is 0.308 e. The molecule has 2 heterocycles. The van der Waals surface area contributed by atoms with Gasteiger partial charge in [-0.05, 0) is 71.7 Å². The van der Waals surface area contributed by atoms with E-state index in [1.165, 1.54) is 0 Å². The number of rotatable bonds is 14. The van der Waals surface area contributed by atoms with Gasteiger partial charge in [-0.2, -0.15) is 0 Å². The molecule has 1 fully saturated rings. The zero-order chi connectivity index (χ0) is 31.1. The van der Waals surface area contributed by atoms with Crippen LogP contribution in [0.2, 0.25) is 0 Å². The van der Waals surface area contributed by atoms with E-state index in [1.54, 1.807) is 0 Å². The Hall–Kier alpha value is -3.72. The minimum atomic E-state index is -0.832. The van der Waals surface area contributed by atoms with E-state index in [1.807, 2.05) is 65.6 Å². The molecule has 2 aliphatic rings. The second-order valence-corrected chi connectivity index (χ2v) is 12.0. The van der Waals surface area contributed by atoms with Crippen molar-refractivity contribution in [2.75, 3.05) is 31.1 Å². The Kier molecular flexibility index (Phi) is 10.7. The summed E-state index contributed by atoms with van der Waals surface area (Å²) in [6.45, 7) is 4.34. The van der Waals surface area contributed by atoms with Crippen molar-refractivity contribution in [2.45, 2.75) is 70.6 Å². The van der Waals surface area contributed by atoms with Crippen LogP contribution in [-0.4, -0.2) is 59.3 Å². The van der Waals surface area contributed by atoms with E-state index in [2.05, 4.69) is 17.9 Å². The quantitative estimate of drug-likeness (QED) is 0.241. The smallest absolute Gasteiger partial charge is 0.308 e. The van der Waals surface area contributed by atoms with Crippen LogP contribution < -0.4 is 15.4 Å². The summed E-state index contributed by atoms with van der Waals surface area (Å²) >= 11 is 0. The number of unbranched alkanes of at least 4 members (excludes halogenated alkanes) is 1. The fraction of sp³-hybridized carbons (Fsp3) is 0.444. The Labute approximate surface area is 260 Å². The molecule has 0 spiro atoms. The number of aryl methyl sites for hydroxylation is 1. The van der Waals surface area contributed by atoms with E-state index in [0.29, 0.717) is 32.7 Å². The van der Waals surface area contributed by atoms with Crippen LogP contribution in [0, 0.1) is 5.92 Å². The summed E-state index contributed by atoms with van der Waals surface area (Å²) in [5.41, 5.74) is 11.8. The minimum Gasteiger partial charge on any atom is -0.493 e. The third kappa shape index (κ3) is 7.15. The molecule has 3 aromatic carbocycles. The SMILES string of the molecule is CCCCN(C(=O)CN1C[C@H](c2ccc3c(c2)CCO3)[C@@H](C(=O)O)[C@@H]1CCCc1ccccc1CO)c1cccc(CN)c1. The normalized spacial score (nSPS) is 19.5. The summed E-state index contributed by atoms with van der Waals surface area (Å²) in [5, 5.41) is 20.4. The summed E-state index contributed by atoms with van der Waals surface area (Å²) in [6.07, 6.45) is 4.75. The molecular weight excluding hydrogens is 554 g/mol. The highest BCUT2D eigenvalue weighted by molar-refractivity contribution is 5.95. The molecule has 2 aliphatic heterocycles. The number of likely N-dealkylation sites (tertiary alicyclic amines) is 1. The van der Waals surface area contributed by atoms with Crippen molar-refractivity contribution in [3.63, 3.8) is 0 Å². The first kappa shape index (κ1) is 31.7. The number of carbonyl (C=O) groups is 2. The maximum absolute atomic E-state index is 14.1. The fourth-order valence-electron chi connectivity index (χ4n) is 6.91. The maximum atomic E-state index is 14.1. The molecule has 1 saturated heterocycles. The van der Waals surface area contributed by atoms with E-state index < -0.39 is 11.9 Å². The average Bonchev–Trinajstić information content (AvgIpc) is 3.66. The highest BCUT2D eigenvalue weighted by Gasteiger charge is 2.47. The molecule has 0 unspecified atom stereocenters. The minimum absolute atomic E-state index is 0.0267. The Bertz CT molecular complexity index is 1440. The number of fused-ring (bicyclic) bond motifs is 1. The number of nitrogens with two attached hydrogens (primary N) is 1. The zero-order valence-corrected chi connectivity index (χ0v) is 25.7. The second kappa shape index (κ2) is 14.8. The number of hydrogen-bond acceptors (Lipinski definition) is 6. The van der Waals surface area contributed by atoms with E-state index in [0.717, 1.165) is 71.4 Å². The van der Waals surface area contributed by atoms with E-state index in [9.17, 15) is 19.8 Å². The Morgan fingerprint density at radius 2 is 1.86 bits per heavy atom. The Morgan fingerprint density at radius 1 is 1.05 bits per heavy atom. The topological polar surface area (TPSA) is 116 Å². The summed E-state index contributed by atoms with van der Waals surface area (Å²) in [5.74, 6) is -0.890. The second-order valence-electron chi connectivity index (χ2n) is 12.0. The molecule has 0 aromatic heterocycles. The highest BCUT2D eigenvalue weighted by Crippen LogP contribution is 2.41. The molecule has 44 heavy (non-hydrogen) atoms. The van der Waals surface area contributed by atoms with Crippen molar-refractivity contribution in [1.29, 1.82) is 0 Å². The van der Waals surface area contributed by atoms with Crippen molar-refractivity contribution in [3.8, 4) is 5.75 Å². The van der Waals surface area contributed by atoms with E-state index in [-0.39, 0.29) is 31.0 Å². The molecule has 4 N–H and O–H groups in total. The number of benzene rings is 3. The van der Waals surface area contributed by atoms with Gasteiger partial charge in [0.05, 0.1) is 25.7 Å². The Balaban J connectivity index is 1.42. The van der Waals surface area contributed by atoms with Crippen molar-refractivity contribution < 1.29 is 24.5 Å². The molecule has 3 atom stereocenters. The van der Waals surface area contributed by atoms with Gasteiger partial charge >= 0.3 is 5.97 Å². The van der Waals surface area contributed by atoms with Gasteiger partial charge in [0, 0.05) is 43.7 Å². The van der Waals surface area contributed by atoms with Crippen molar-refractivity contribution in [2.24, 2.45) is 11.7 Å². The molecule has 0 saturated carbocycles. The van der Waals surface area contributed by atoms with Crippen LogP contribution in [0.25, 0.3) is 0 Å². The number of carbonyl (C=O) groups excluding carboxylic acids is 1. The predicted octanol–water partition coefficient (Wildman–Crippen LogP) is 4.90. The first-order chi connectivity index (χ1) is 21.4. The van der Waals surface area contributed by atoms with Gasteiger partial charge in [0.15, 0.2) is 0 Å². The third-order valence-electron chi connectivity index (χ3n) is 9.24. The van der Waals surface area contributed by atoms with Crippen LogP contribution in [0.3, 0.4) is 0 Å². The first-order valence-corrected chi connectivity index (χ1v) is 15.9. The molecule has 234 valence electrons. The number of aliphatic hydroxyl groups excluding tert-OH is 1. The monoisotopic (exact) mass is 599 g/mol. The van der Waals surface area contributed by atoms with Crippen molar-refractivity contribution >= 4 is 17.6 Å². The zero-order valence-electron chi connectivity index (χ0n) is 25.7. The van der Waals surface area contributed by atoms with Gasteiger partial charge in [0.2, 0.25) is 5.91 Å². The fourth-order valence-corrected chi connectivity index (χ4v) is 6.91. The number of aliphatic hydroxyl groups is 1. The van der Waals surface area contributed by atoms with Crippen LogP contribution in [0.15, 0.2) is 66.7 Å². The Morgan fingerprint density at radius 3 is 2.61 bits per heavy atom.